The zero-order chi connectivity index (χ0) is 30.7. The summed E-state index contributed by atoms with van der Waals surface area (Å²) in [4.78, 5) is 23.6. The summed E-state index contributed by atoms with van der Waals surface area (Å²) in [6.07, 6.45) is 1.25. The van der Waals surface area contributed by atoms with Gasteiger partial charge in [-0.2, -0.15) is 18.2 Å². The Morgan fingerprint density at radius 2 is 1.81 bits per heavy atom. The third-order valence-electron chi connectivity index (χ3n) is 7.41. The van der Waals surface area contributed by atoms with Crippen molar-refractivity contribution in [2.45, 2.75) is 25.1 Å². The van der Waals surface area contributed by atoms with Crippen LogP contribution in [-0.4, -0.2) is 41.4 Å². The minimum atomic E-state index is -4.43. The first-order valence-electron chi connectivity index (χ1n) is 13.4. The molecule has 11 heteroatoms. The molecular formula is C32H30F3N5O3. The van der Waals surface area contributed by atoms with Gasteiger partial charge in [0.15, 0.2) is 17.3 Å². The Labute approximate surface area is 246 Å². The van der Waals surface area contributed by atoms with Crippen LogP contribution in [0.1, 0.15) is 49.8 Å². The van der Waals surface area contributed by atoms with E-state index in [1.807, 2.05) is 29.2 Å². The molecule has 43 heavy (non-hydrogen) atoms. The molecule has 1 aliphatic heterocycles. The van der Waals surface area contributed by atoms with Crippen LogP contribution < -0.4 is 20.9 Å². The van der Waals surface area contributed by atoms with Crippen molar-refractivity contribution >= 4 is 17.5 Å². The van der Waals surface area contributed by atoms with E-state index in [2.05, 4.69) is 9.97 Å². The fourth-order valence-corrected chi connectivity index (χ4v) is 5.32. The highest BCUT2D eigenvalue weighted by Gasteiger charge is 2.32. The number of fused-ring (bicyclic) bond motifs is 1. The molecule has 0 spiro atoms. The SMILES string of the molecule is COc1cc(Cc2cnc(N)nc2N)cc(C(=O)/C=C/N2CCc3ccccc3C2c2ccc(C(F)(F)F)cc2)c1OC. The molecule has 8 nitrogen and oxygen atoms in total. The third-order valence-corrected chi connectivity index (χ3v) is 7.41. The lowest BCUT2D eigenvalue weighted by atomic mass is 9.88. The van der Waals surface area contributed by atoms with E-state index in [1.54, 1.807) is 18.3 Å². The number of ether oxygens (including phenoxy) is 2. The number of anilines is 2. The second kappa shape index (κ2) is 12.0. The quantitative estimate of drug-likeness (QED) is 0.201. The second-order valence-electron chi connectivity index (χ2n) is 10.1. The zero-order valence-corrected chi connectivity index (χ0v) is 23.6. The van der Waals surface area contributed by atoms with E-state index in [-0.39, 0.29) is 34.9 Å². The molecular weight excluding hydrogens is 559 g/mol. The maximum Gasteiger partial charge on any atom is 0.416 e. The number of methoxy groups -OCH3 is 2. The fraction of sp³-hybridized carbons (Fsp3) is 0.219. The standard InChI is InChI=1S/C32H30F3N5O3/c1-42-27-17-19(15-22-18-38-31(37)39-30(22)36)16-25(29(27)43-2)26(41)12-14-40-13-11-20-5-3-4-6-24(20)28(40)21-7-9-23(10-8-21)32(33,34)35/h3-10,12,14,16-18,28H,11,13,15H2,1-2H3,(H4,36,37,38,39)/b14-12+. The van der Waals surface area contributed by atoms with Crippen LogP contribution >= 0.6 is 0 Å². The summed E-state index contributed by atoms with van der Waals surface area (Å²) >= 11 is 0. The molecule has 0 radical (unpaired) electrons. The maximum atomic E-state index is 13.7. The molecule has 1 unspecified atom stereocenters. The predicted octanol–water partition coefficient (Wildman–Crippen LogP) is 5.61. The van der Waals surface area contributed by atoms with Crippen molar-refractivity contribution in [2.75, 3.05) is 32.2 Å². The molecule has 1 aliphatic rings. The topological polar surface area (TPSA) is 117 Å². The van der Waals surface area contributed by atoms with Crippen LogP contribution in [0.25, 0.3) is 0 Å². The minimum Gasteiger partial charge on any atom is -0.493 e. The van der Waals surface area contributed by atoms with Crippen molar-refractivity contribution in [3.8, 4) is 11.5 Å². The number of aromatic nitrogens is 2. The highest BCUT2D eigenvalue weighted by atomic mass is 19.4. The summed E-state index contributed by atoms with van der Waals surface area (Å²) in [5.74, 6) is 0.578. The Hall–Kier alpha value is -5.06. The first-order chi connectivity index (χ1) is 20.6. The number of ketones is 1. The molecule has 5 rings (SSSR count). The summed E-state index contributed by atoms with van der Waals surface area (Å²) in [5.41, 5.74) is 15.3. The summed E-state index contributed by atoms with van der Waals surface area (Å²) in [5, 5.41) is 0. The molecule has 1 aromatic heterocycles. The number of nitrogens with two attached hydrogens (primary N) is 2. The average Bonchev–Trinajstić information content (AvgIpc) is 3.00. The Balaban J connectivity index is 1.48. The highest BCUT2D eigenvalue weighted by Crippen LogP contribution is 2.38. The maximum absolute atomic E-state index is 13.7. The minimum absolute atomic E-state index is 0.0597. The number of nitrogen functional groups attached to an aromatic ring is 2. The van der Waals surface area contributed by atoms with Crippen LogP contribution in [-0.2, 0) is 19.0 Å². The Morgan fingerprint density at radius 3 is 2.49 bits per heavy atom. The summed E-state index contributed by atoms with van der Waals surface area (Å²) in [7, 11) is 2.93. The molecule has 0 bridgehead atoms. The molecule has 2 heterocycles. The van der Waals surface area contributed by atoms with Gasteiger partial charge >= 0.3 is 6.18 Å². The molecule has 0 aliphatic carbocycles. The smallest absolute Gasteiger partial charge is 0.416 e. The Kier molecular flexibility index (Phi) is 8.24. The normalized spacial score (nSPS) is 14.9. The summed E-state index contributed by atoms with van der Waals surface area (Å²) in [6.45, 7) is 0.559. The van der Waals surface area contributed by atoms with Gasteiger partial charge in [-0.25, -0.2) is 4.98 Å². The van der Waals surface area contributed by atoms with Crippen molar-refractivity contribution in [3.63, 3.8) is 0 Å². The molecule has 0 saturated heterocycles. The van der Waals surface area contributed by atoms with E-state index in [0.717, 1.165) is 23.3 Å². The van der Waals surface area contributed by atoms with Gasteiger partial charge in [0.05, 0.1) is 31.4 Å². The van der Waals surface area contributed by atoms with Crippen LogP contribution in [0.2, 0.25) is 0 Å². The van der Waals surface area contributed by atoms with Gasteiger partial charge < -0.3 is 25.8 Å². The number of hydrogen-bond donors (Lipinski definition) is 2. The number of nitrogens with zero attached hydrogens (tertiary/aromatic N) is 3. The van der Waals surface area contributed by atoms with Crippen molar-refractivity contribution in [3.05, 3.63) is 118 Å². The van der Waals surface area contributed by atoms with Gasteiger partial charge in [-0.15, -0.1) is 0 Å². The lowest BCUT2D eigenvalue weighted by Gasteiger charge is -2.37. The summed E-state index contributed by atoms with van der Waals surface area (Å²) in [6, 6.07) is 16.0. The van der Waals surface area contributed by atoms with Crippen LogP contribution in [0.15, 0.2) is 79.1 Å². The largest absolute Gasteiger partial charge is 0.493 e. The molecule has 1 atom stereocenters. The van der Waals surface area contributed by atoms with Gasteiger partial charge in [-0.05, 0) is 52.9 Å². The van der Waals surface area contributed by atoms with Gasteiger partial charge in [0.2, 0.25) is 5.95 Å². The number of rotatable bonds is 8. The first-order valence-corrected chi connectivity index (χ1v) is 13.4. The monoisotopic (exact) mass is 589 g/mol. The number of allylic oxidation sites excluding steroid dienone is 1. The van der Waals surface area contributed by atoms with E-state index in [9.17, 15) is 18.0 Å². The van der Waals surface area contributed by atoms with E-state index in [4.69, 9.17) is 20.9 Å². The average molecular weight is 590 g/mol. The Bertz CT molecular complexity index is 1670. The number of benzene rings is 3. The number of carbonyl (C=O) groups is 1. The summed E-state index contributed by atoms with van der Waals surface area (Å²) < 4.78 is 50.8. The molecule has 4 aromatic rings. The number of hydrogen-bond acceptors (Lipinski definition) is 8. The van der Waals surface area contributed by atoms with Crippen molar-refractivity contribution < 1.29 is 27.4 Å². The number of halogens is 3. The highest BCUT2D eigenvalue weighted by molar-refractivity contribution is 6.07. The zero-order valence-electron chi connectivity index (χ0n) is 23.6. The van der Waals surface area contributed by atoms with E-state index in [0.29, 0.717) is 41.8 Å². The first kappa shape index (κ1) is 29.4. The van der Waals surface area contributed by atoms with Crippen molar-refractivity contribution in [2.24, 2.45) is 0 Å². The van der Waals surface area contributed by atoms with Crippen LogP contribution in [0.3, 0.4) is 0 Å². The van der Waals surface area contributed by atoms with Crippen LogP contribution in [0.5, 0.6) is 11.5 Å². The van der Waals surface area contributed by atoms with E-state index >= 15 is 0 Å². The Morgan fingerprint density at radius 1 is 1.07 bits per heavy atom. The van der Waals surface area contributed by atoms with Gasteiger partial charge in [0.1, 0.15) is 5.82 Å². The molecule has 3 aromatic carbocycles. The molecule has 0 saturated carbocycles. The van der Waals surface area contributed by atoms with Gasteiger partial charge in [0.25, 0.3) is 0 Å². The lowest BCUT2D eigenvalue weighted by Crippen LogP contribution is -2.32. The lowest BCUT2D eigenvalue weighted by molar-refractivity contribution is -0.137. The number of carbonyl (C=O) groups excluding carboxylic acids is 1. The van der Waals surface area contributed by atoms with Gasteiger partial charge in [0, 0.05) is 37.0 Å². The third kappa shape index (κ3) is 6.25. The number of alkyl halides is 3. The van der Waals surface area contributed by atoms with Gasteiger partial charge in [-0.3, -0.25) is 4.79 Å². The predicted molar refractivity (Wildman–Crippen MR) is 157 cm³/mol. The van der Waals surface area contributed by atoms with Crippen molar-refractivity contribution in [1.82, 2.24) is 14.9 Å². The van der Waals surface area contributed by atoms with Crippen LogP contribution in [0.4, 0.5) is 24.9 Å². The van der Waals surface area contributed by atoms with E-state index in [1.165, 1.54) is 38.6 Å². The molecule has 4 N–H and O–H groups in total. The fourth-order valence-electron chi connectivity index (χ4n) is 5.32. The van der Waals surface area contributed by atoms with Crippen molar-refractivity contribution in [1.29, 1.82) is 0 Å². The second-order valence-corrected chi connectivity index (χ2v) is 10.1. The molecule has 0 fully saturated rings. The molecule has 0 amide bonds. The molecule has 222 valence electrons. The van der Waals surface area contributed by atoms with Crippen LogP contribution in [0, 0.1) is 0 Å². The van der Waals surface area contributed by atoms with Gasteiger partial charge in [-0.1, -0.05) is 36.4 Å². The van der Waals surface area contributed by atoms with E-state index < -0.39 is 11.7 Å².